The number of esters is 1. The maximum absolute atomic E-state index is 12.9. The van der Waals surface area contributed by atoms with Gasteiger partial charge in [0.25, 0.3) is 5.97 Å². The molecule has 322 valence electrons. The molecule has 7 nitrogen and oxygen atoms in total. The second kappa shape index (κ2) is 22.2. The zero-order valence-corrected chi connectivity index (χ0v) is 39.3. The Hall–Kier alpha value is -3.04. The van der Waals surface area contributed by atoms with E-state index < -0.39 is 22.8 Å². The highest BCUT2D eigenvalue weighted by atomic mass is 79.9. The quantitative estimate of drug-likeness (QED) is 0.122. The smallest absolute Gasteiger partial charge is 0.319 e. The molecule has 11 heteroatoms. The zero-order valence-electron chi connectivity index (χ0n) is 35.5. The monoisotopic (exact) mass is 932 g/mol. The van der Waals surface area contributed by atoms with Crippen molar-refractivity contribution in [3.63, 3.8) is 0 Å². The molecule has 3 aromatic carbocycles. The van der Waals surface area contributed by atoms with Gasteiger partial charge in [-0.2, -0.15) is 0 Å². The first-order valence-corrected chi connectivity index (χ1v) is 22.7. The zero-order chi connectivity index (χ0) is 44.2. The number of rotatable bonds is 10. The Kier molecular flexibility index (Phi) is 18.9. The number of methoxy groups -OCH3 is 1. The number of alkyl halides is 1. The highest BCUT2D eigenvalue weighted by molar-refractivity contribution is 9.09. The molecule has 3 saturated carbocycles. The molecular weight excluding hydrogens is 875 g/mol. The van der Waals surface area contributed by atoms with Gasteiger partial charge in [0.2, 0.25) is 0 Å². The number of carbonyl (C=O) groups is 5. The minimum atomic E-state index is -1.05. The van der Waals surface area contributed by atoms with Gasteiger partial charge in [-0.25, -0.2) is 0 Å². The van der Waals surface area contributed by atoms with Gasteiger partial charge in [0.05, 0.1) is 7.11 Å². The molecule has 6 rings (SSSR count). The number of halogens is 4. The van der Waals surface area contributed by atoms with Crippen LogP contribution in [0, 0.1) is 33.5 Å². The fraction of sp³-hybridized carbons (Fsp3) is 0.521. The van der Waals surface area contributed by atoms with Gasteiger partial charge < -0.3 is 9.84 Å². The predicted molar refractivity (Wildman–Crippen MR) is 242 cm³/mol. The van der Waals surface area contributed by atoms with Crippen LogP contribution < -0.4 is 0 Å². The predicted octanol–water partition coefficient (Wildman–Crippen LogP) is 12.5. The first-order chi connectivity index (χ1) is 27.7. The number of hydrogen-bond donors (Lipinski definition) is 1. The van der Waals surface area contributed by atoms with Crippen molar-refractivity contribution in [3.8, 4) is 0 Å². The fourth-order valence-electron chi connectivity index (χ4n) is 8.38. The van der Waals surface area contributed by atoms with Crippen molar-refractivity contribution in [2.45, 2.75) is 112 Å². The Labute approximate surface area is 374 Å². The molecule has 0 heterocycles. The van der Waals surface area contributed by atoms with E-state index in [1.165, 1.54) is 18.2 Å². The molecule has 59 heavy (non-hydrogen) atoms. The summed E-state index contributed by atoms with van der Waals surface area (Å²) in [5.74, 6) is 0.0121. The van der Waals surface area contributed by atoms with Crippen LogP contribution in [0.5, 0.6) is 0 Å². The van der Waals surface area contributed by atoms with Gasteiger partial charge in [-0.1, -0.05) is 122 Å². The molecule has 0 radical (unpaired) electrons. The van der Waals surface area contributed by atoms with Gasteiger partial charge in [-0.05, 0) is 124 Å². The van der Waals surface area contributed by atoms with Crippen LogP contribution in [0.3, 0.4) is 0 Å². The summed E-state index contributed by atoms with van der Waals surface area (Å²) in [6, 6.07) is 22.9. The van der Waals surface area contributed by atoms with Crippen LogP contribution in [-0.4, -0.2) is 46.8 Å². The van der Waals surface area contributed by atoms with Crippen molar-refractivity contribution < 1.29 is 33.8 Å². The van der Waals surface area contributed by atoms with E-state index in [0.29, 0.717) is 29.4 Å². The van der Waals surface area contributed by atoms with Crippen molar-refractivity contribution in [2.75, 3.05) is 12.4 Å². The number of carboxylic acid groups (broad SMARTS) is 1. The average Bonchev–Trinajstić information content (AvgIpc) is 3.77. The van der Waals surface area contributed by atoms with E-state index >= 15 is 0 Å². The van der Waals surface area contributed by atoms with Crippen molar-refractivity contribution in [2.24, 2.45) is 33.5 Å². The second-order valence-corrected chi connectivity index (χ2v) is 19.0. The van der Waals surface area contributed by atoms with Crippen molar-refractivity contribution in [3.05, 3.63) is 105 Å². The number of carboxylic acids is 1. The molecule has 0 aliphatic heterocycles. The summed E-state index contributed by atoms with van der Waals surface area (Å²) in [4.78, 5) is 58.9. The topological polar surface area (TPSA) is 115 Å². The van der Waals surface area contributed by atoms with Crippen LogP contribution in [0.1, 0.15) is 110 Å². The Morgan fingerprint density at radius 2 is 1.03 bits per heavy atom. The third kappa shape index (κ3) is 13.2. The van der Waals surface area contributed by atoms with Gasteiger partial charge >= 0.3 is 5.97 Å². The Morgan fingerprint density at radius 3 is 1.36 bits per heavy atom. The number of carbonyl (C=O) groups excluding carboxylic acids is 4. The van der Waals surface area contributed by atoms with E-state index in [1.54, 1.807) is 12.1 Å². The Balaban J connectivity index is 0.000000227. The van der Waals surface area contributed by atoms with E-state index in [9.17, 15) is 19.2 Å². The molecule has 6 atom stereocenters. The van der Waals surface area contributed by atoms with Crippen LogP contribution >= 0.6 is 50.7 Å². The normalized spacial score (nSPS) is 27.1. The molecule has 0 aromatic heterocycles. The Bertz CT molecular complexity index is 1820. The van der Waals surface area contributed by atoms with Gasteiger partial charge in [-0.3, -0.25) is 24.0 Å². The standard InChI is InChI=1S/C17H21ClO3.C15H19ClO.C14H16BrClO.C2H4O2/c1-4-16(2)9-10-17(14(16)19,15(20)21-3)11-12-5-7-13(18)8-6-12;1-3-15(2)9-8-12(14(15)17)10-11-4-6-13(16)7-5-11;1-14(9-15)7-6-11(13(14)17)8-10-2-4-12(16)5-3-10;1-2(3)4/h5-8H,4,9-11H2,1-3H3;4-7,12H,3,8-10H2,1-2H3;2-5,11H,6-9H2,1H3;1H3,(H,3,4). The van der Waals surface area contributed by atoms with Crippen LogP contribution in [-0.2, 0) is 48.0 Å². The molecule has 0 bridgehead atoms. The van der Waals surface area contributed by atoms with Crippen LogP contribution in [0.15, 0.2) is 72.8 Å². The summed E-state index contributed by atoms with van der Waals surface area (Å²) in [6.07, 6.45) is 9.14. The van der Waals surface area contributed by atoms with Gasteiger partial charge in [-0.15, -0.1) is 0 Å². The van der Waals surface area contributed by atoms with Crippen molar-refractivity contribution in [1.29, 1.82) is 0 Å². The third-order valence-corrected chi connectivity index (χ3v) is 14.7. The lowest BCUT2D eigenvalue weighted by molar-refractivity contribution is -0.158. The summed E-state index contributed by atoms with van der Waals surface area (Å²) < 4.78 is 4.96. The first kappa shape index (κ1) is 50.3. The van der Waals surface area contributed by atoms with Crippen LogP contribution in [0.25, 0.3) is 0 Å². The van der Waals surface area contributed by atoms with Crippen molar-refractivity contribution >= 4 is 80.0 Å². The highest BCUT2D eigenvalue weighted by Crippen LogP contribution is 2.50. The third-order valence-electron chi connectivity index (χ3n) is 12.7. The molecule has 0 amide bonds. The maximum atomic E-state index is 12.9. The van der Waals surface area contributed by atoms with E-state index in [0.717, 1.165) is 85.6 Å². The molecule has 3 aliphatic rings. The number of ether oxygens (including phenoxy) is 1. The second-order valence-electron chi connectivity index (χ2n) is 17.1. The summed E-state index contributed by atoms with van der Waals surface area (Å²) in [5.41, 5.74) is 1.64. The SMILES string of the molecule is CC(=O)O.CC1(CBr)CCC(Cc2ccc(Cl)cc2)C1=O.CCC1(C)CCC(Cc2ccc(Cl)cc2)(C(=O)OC)C1=O.CCC1(C)CCC(Cc2ccc(Cl)cc2)C1=O. The van der Waals surface area contributed by atoms with Gasteiger partial charge in [0, 0.05) is 55.4 Å². The molecule has 0 spiro atoms. The molecule has 6 unspecified atom stereocenters. The summed E-state index contributed by atoms with van der Waals surface area (Å²) in [6.45, 7) is 11.3. The van der Waals surface area contributed by atoms with E-state index in [1.807, 2.05) is 74.5 Å². The molecule has 1 N–H and O–H groups in total. The maximum Gasteiger partial charge on any atom is 0.319 e. The fourth-order valence-corrected chi connectivity index (χ4v) is 9.31. The lowest BCUT2D eigenvalue weighted by Gasteiger charge is -2.28. The Morgan fingerprint density at radius 1 is 0.661 bits per heavy atom. The van der Waals surface area contributed by atoms with Gasteiger partial charge in [0.1, 0.15) is 17.0 Å². The summed E-state index contributed by atoms with van der Waals surface area (Å²) in [5, 5.41) is 10.3. The lowest BCUT2D eigenvalue weighted by atomic mass is 9.74. The van der Waals surface area contributed by atoms with Gasteiger partial charge in [0.15, 0.2) is 5.78 Å². The largest absolute Gasteiger partial charge is 0.481 e. The van der Waals surface area contributed by atoms with Crippen molar-refractivity contribution in [1.82, 2.24) is 0 Å². The summed E-state index contributed by atoms with van der Waals surface area (Å²) in [7, 11) is 1.35. The molecule has 3 aliphatic carbocycles. The minimum absolute atomic E-state index is 0.0132. The lowest BCUT2D eigenvalue weighted by Crippen LogP contribution is -2.42. The molecular formula is C48H60BrCl3O7. The number of benzene rings is 3. The van der Waals surface area contributed by atoms with E-state index in [4.69, 9.17) is 49.4 Å². The molecule has 3 aromatic rings. The van der Waals surface area contributed by atoms with E-state index in [2.05, 4.69) is 36.7 Å². The molecule has 0 saturated heterocycles. The first-order valence-electron chi connectivity index (χ1n) is 20.4. The highest BCUT2D eigenvalue weighted by Gasteiger charge is 2.58. The van der Waals surface area contributed by atoms with E-state index in [-0.39, 0.29) is 28.4 Å². The summed E-state index contributed by atoms with van der Waals surface area (Å²) >= 11 is 21.1. The number of Topliss-reactive ketones (excluding diaryl/α,β-unsaturated/α-hetero) is 3. The number of ketones is 3. The molecule has 3 fully saturated rings. The average molecular weight is 935 g/mol. The minimum Gasteiger partial charge on any atom is -0.481 e. The number of hydrogen-bond acceptors (Lipinski definition) is 6. The van der Waals surface area contributed by atoms with Crippen LogP contribution in [0.4, 0.5) is 0 Å². The number of aliphatic carboxylic acids is 1. The van der Waals surface area contributed by atoms with Crippen LogP contribution in [0.2, 0.25) is 15.1 Å².